The van der Waals surface area contributed by atoms with Gasteiger partial charge in [-0.3, -0.25) is 9.59 Å². The van der Waals surface area contributed by atoms with Crippen LogP contribution in [-0.2, 0) is 20.9 Å². The minimum atomic E-state index is -0.348. The van der Waals surface area contributed by atoms with Crippen molar-refractivity contribution in [2.24, 2.45) is 11.7 Å². The normalized spacial score (nSPS) is 25.7. The van der Waals surface area contributed by atoms with Gasteiger partial charge in [-0.05, 0) is 49.3 Å². The molecule has 1 heterocycles. The molecule has 2 fully saturated rings. The lowest BCUT2D eigenvalue weighted by molar-refractivity contribution is -0.124. The van der Waals surface area contributed by atoms with Gasteiger partial charge in [-0.25, -0.2) is 0 Å². The van der Waals surface area contributed by atoms with Gasteiger partial charge in [0, 0.05) is 31.3 Å². The Morgan fingerprint density at radius 3 is 2.80 bits per heavy atom. The van der Waals surface area contributed by atoms with E-state index < -0.39 is 0 Å². The molecule has 3 rings (SSSR count). The molecule has 0 spiro atoms. The van der Waals surface area contributed by atoms with Crippen LogP contribution in [0.4, 0.5) is 5.69 Å². The Morgan fingerprint density at radius 2 is 2.08 bits per heavy atom. The molecule has 1 unspecified atom stereocenters. The molecular formula is C19H27N3O3. The second-order valence-electron chi connectivity index (χ2n) is 7.03. The van der Waals surface area contributed by atoms with Gasteiger partial charge in [-0.1, -0.05) is 18.6 Å². The number of hydrogen-bond donors (Lipinski definition) is 3. The summed E-state index contributed by atoms with van der Waals surface area (Å²) < 4.78 is 5.39. The standard InChI is InChI=1S/C19H27N3O3/c20-16-7-2-5-14(16)11-18(23)21-12-13-4-1-6-15(10-13)22-19(24)17-8-3-9-25-17/h1,4,6,10,14,16-17H,2-3,5,7-9,11-12,20H2,(H,21,23)(H,22,24)/t14-,16+,17?/m0/s1. The van der Waals surface area contributed by atoms with E-state index in [1.807, 2.05) is 24.3 Å². The molecule has 6 heteroatoms. The van der Waals surface area contributed by atoms with Gasteiger partial charge in [0.1, 0.15) is 6.10 Å². The molecule has 0 radical (unpaired) electrons. The molecule has 1 aliphatic carbocycles. The van der Waals surface area contributed by atoms with E-state index in [1.54, 1.807) is 0 Å². The fourth-order valence-electron chi connectivity index (χ4n) is 3.60. The van der Waals surface area contributed by atoms with Crippen molar-refractivity contribution in [2.45, 2.75) is 57.2 Å². The number of amides is 2. The van der Waals surface area contributed by atoms with Crippen LogP contribution in [0.5, 0.6) is 0 Å². The van der Waals surface area contributed by atoms with Crippen LogP contribution >= 0.6 is 0 Å². The molecular weight excluding hydrogens is 318 g/mol. The first-order valence-electron chi connectivity index (χ1n) is 9.15. The Balaban J connectivity index is 1.47. The molecule has 3 atom stereocenters. The first-order valence-corrected chi connectivity index (χ1v) is 9.15. The third-order valence-electron chi connectivity index (χ3n) is 5.07. The average molecular weight is 345 g/mol. The van der Waals surface area contributed by atoms with Gasteiger partial charge in [0.25, 0.3) is 5.91 Å². The van der Waals surface area contributed by atoms with E-state index >= 15 is 0 Å². The van der Waals surface area contributed by atoms with Crippen LogP contribution in [0.25, 0.3) is 0 Å². The summed E-state index contributed by atoms with van der Waals surface area (Å²) in [7, 11) is 0. The van der Waals surface area contributed by atoms with Crippen molar-refractivity contribution in [1.82, 2.24) is 5.32 Å². The maximum atomic E-state index is 12.1. The number of nitrogens with one attached hydrogen (secondary N) is 2. The molecule has 1 saturated carbocycles. The van der Waals surface area contributed by atoms with Crippen molar-refractivity contribution in [3.8, 4) is 0 Å². The molecule has 1 aromatic carbocycles. The topological polar surface area (TPSA) is 93.5 Å². The summed E-state index contributed by atoms with van der Waals surface area (Å²) in [5.41, 5.74) is 7.70. The van der Waals surface area contributed by atoms with Crippen LogP contribution in [0, 0.1) is 5.92 Å². The molecule has 6 nitrogen and oxygen atoms in total. The largest absolute Gasteiger partial charge is 0.368 e. The van der Waals surface area contributed by atoms with Crippen molar-refractivity contribution in [3.05, 3.63) is 29.8 Å². The third-order valence-corrected chi connectivity index (χ3v) is 5.07. The summed E-state index contributed by atoms with van der Waals surface area (Å²) in [6, 6.07) is 7.69. The van der Waals surface area contributed by atoms with Crippen LogP contribution in [0.15, 0.2) is 24.3 Å². The van der Waals surface area contributed by atoms with Crippen LogP contribution in [0.3, 0.4) is 0 Å². The van der Waals surface area contributed by atoms with E-state index in [0.717, 1.165) is 43.4 Å². The van der Waals surface area contributed by atoms with E-state index in [9.17, 15) is 9.59 Å². The smallest absolute Gasteiger partial charge is 0.253 e. The minimum absolute atomic E-state index is 0.0381. The van der Waals surface area contributed by atoms with E-state index in [0.29, 0.717) is 25.5 Å². The second kappa shape index (κ2) is 8.45. The third kappa shape index (κ3) is 5.03. The average Bonchev–Trinajstić information content (AvgIpc) is 3.26. The highest BCUT2D eigenvalue weighted by atomic mass is 16.5. The van der Waals surface area contributed by atoms with Gasteiger partial charge in [0.15, 0.2) is 0 Å². The monoisotopic (exact) mass is 345 g/mol. The zero-order valence-electron chi connectivity index (χ0n) is 14.5. The summed E-state index contributed by atoms with van der Waals surface area (Å²) in [5, 5.41) is 5.83. The summed E-state index contributed by atoms with van der Waals surface area (Å²) in [4.78, 5) is 24.2. The summed E-state index contributed by atoms with van der Waals surface area (Å²) in [5.74, 6) is 0.238. The lowest BCUT2D eigenvalue weighted by atomic mass is 10.00. The Bertz CT molecular complexity index is 614. The van der Waals surface area contributed by atoms with Gasteiger partial charge in [-0.2, -0.15) is 0 Å². The zero-order chi connectivity index (χ0) is 17.6. The SMILES string of the molecule is N[C@@H]1CCC[C@H]1CC(=O)NCc1cccc(NC(=O)C2CCCO2)c1. The highest BCUT2D eigenvalue weighted by Gasteiger charge is 2.26. The van der Waals surface area contributed by atoms with Crippen molar-refractivity contribution in [1.29, 1.82) is 0 Å². The Kier molecular flexibility index (Phi) is 6.04. The van der Waals surface area contributed by atoms with Crippen molar-refractivity contribution >= 4 is 17.5 Å². The summed E-state index contributed by atoms with van der Waals surface area (Å²) >= 11 is 0. The number of nitrogens with two attached hydrogens (primary N) is 1. The van der Waals surface area contributed by atoms with Crippen molar-refractivity contribution < 1.29 is 14.3 Å². The van der Waals surface area contributed by atoms with E-state index in [-0.39, 0.29) is 24.0 Å². The summed E-state index contributed by atoms with van der Waals surface area (Å²) in [6.07, 6.45) is 5.02. The number of ether oxygens (including phenoxy) is 1. The van der Waals surface area contributed by atoms with E-state index in [1.165, 1.54) is 0 Å². The highest BCUT2D eigenvalue weighted by Crippen LogP contribution is 2.26. The van der Waals surface area contributed by atoms with Gasteiger partial charge in [0.05, 0.1) is 0 Å². The van der Waals surface area contributed by atoms with Crippen LogP contribution in [0.2, 0.25) is 0 Å². The lowest BCUT2D eigenvalue weighted by Gasteiger charge is -2.15. The predicted molar refractivity (Wildman–Crippen MR) is 95.8 cm³/mol. The van der Waals surface area contributed by atoms with Crippen LogP contribution in [-0.4, -0.2) is 30.6 Å². The minimum Gasteiger partial charge on any atom is -0.368 e. The maximum Gasteiger partial charge on any atom is 0.253 e. The number of benzene rings is 1. The Labute approximate surface area is 148 Å². The second-order valence-corrected chi connectivity index (χ2v) is 7.03. The van der Waals surface area contributed by atoms with Crippen molar-refractivity contribution in [2.75, 3.05) is 11.9 Å². The van der Waals surface area contributed by atoms with Gasteiger partial charge < -0.3 is 21.1 Å². The van der Waals surface area contributed by atoms with E-state index in [4.69, 9.17) is 10.5 Å². The quantitative estimate of drug-likeness (QED) is 0.734. The molecule has 0 aromatic heterocycles. The highest BCUT2D eigenvalue weighted by molar-refractivity contribution is 5.94. The zero-order valence-corrected chi connectivity index (χ0v) is 14.5. The predicted octanol–water partition coefficient (Wildman–Crippen LogP) is 1.94. The molecule has 0 bridgehead atoms. The first-order chi connectivity index (χ1) is 12.1. The number of carbonyl (C=O) groups excluding carboxylic acids is 2. The molecule has 1 aliphatic heterocycles. The molecule has 25 heavy (non-hydrogen) atoms. The molecule has 2 amide bonds. The molecule has 1 aromatic rings. The van der Waals surface area contributed by atoms with Crippen LogP contribution in [0.1, 0.15) is 44.1 Å². The molecule has 136 valence electrons. The first kappa shape index (κ1) is 17.9. The van der Waals surface area contributed by atoms with Crippen molar-refractivity contribution in [3.63, 3.8) is 0 Å². The summed E-state index contributed by atoms with van der Waals surface area (Å²) in [6.45, 7) is 1.10. The lowest BCUT2D eigenvalue weighted by Crippen LogP contribution is -2.31. The Morgan fingerprint density at radius 1 is 1.20 bits per heavy atom. The maximum absolute atomic E-state index is 12.1. The van der Waals surface area contributed by atoms with Crippen LogP contribution < -0.4 is 16.4 Å². The van der Waals surface area contributed by atoms with Gasteiger partial charge in [0.2, 0.25) is 5.91 Å². The fraction of sp³-hybridized carbons (Fsp3) is 0.579. The number of anilines is 1. The fourth-order valence-corrected chi connectivity index (χ4v) is 3.60. The number of rotatable bonds is 6. The molecule has 1 saturated heterocycles. The molecule has 4 N–H and O–H groups in total. The van der Waals surface area contributed by atoms with Gasteiger partial charge >= 0.3 is 0 Å². The number of carbonyl (C=O) groups is 2. The van der Waals surface area contributed by atoms with Gasteiger partial charge in [-0.15, -0.1) is 0 Å². The van der Waals surface area contributed by atoms with E-state index in [2.05, 4.69) is 10.6 Å². The Hall–Kier alpha value is -1.92. The molecule has 2 aliphatic rings. The number of hydrogen-bond acceptors (Lipinski definition) is 4.